The van der Waals surface area contributed by atoms with Crippen molar-refractivity contribution in [1.29, 1.82) is 0 Å². The predicted octanol–water partition coefficient (Wildman–Crippen LogP) is 2.57. The number of aromatic nitrogens is 2. The van der Waals surface area contributed by atoms with Gasteiger partial charge in [-0.25, -0.2) is 0 Å². The van der Waals surface area contributed by atoms with Gasteiger partial charge in [-0.1, -0.05) is 26.2 Å². The molecule has 0 aliphatic heterocycles. The molecule has 0 aliphatic carbocycles. The second-order valence-corrected chi connectivity index (χ2v) is 4.17. The zero-order valence-electron chi connectivity index (χ0n) is 10.4. The molecule has 1 rings (SSSR count). The highest BCUT2D eigenvalue weighted by Gasteiger charge is 2.13. The molecule has 0 saturated carbocycles. The van der Waals surface area contributed by atoms with Crippen molar-refractivity contribution >= 4 is 0 Å². The van der Waals surface area contributed by atoms with Gasteiger partial charge in [0.2, 0.25) is 0 Å². The molecule has 1 aromatic rings. The highest BCUT2D eigenvalue weighted by Crippen LogP contribution is 2.19. The molecule has 0 saturated heterocycles. The van der Waals surface area contributed by atoms with Crippen molar-refractivity contribution in [2.24, 2.45) is 7.05 Å². The van der Waals surface area contributed by atoms with Gasteiger partial charge in [-0.15, -0.1) is 0 Å². The Balaban J connectivity index is 2.61. The smallest absolute Gasteiger partial charge is 0.0597 e. The summed E-state index contributed by atoms with van der Waals surface area (Å²) in [5, 5.41) is 7.76. The van der Waals surface area contributed by atoms with Crippen LogP contribution in [0.25, 0.3) is 0 Å². The number of hydrogen-bond donors (Lipinski definition) is 1. The van der Waals surface area contributed by atoms with E-state index in [4.69, 9.17) is 0 Å². The van der Waals surface area contributed by atoms with E-state index in [-0.39, 0.29) is 0 Å². The van der Waals surface area contributed by atoms with Crippen LogP contribution in [0.4, 0.5) is 0 Å². The molecule has 0 bridgehead atoms. The molecule has 1 aromatic heterocycles. The standard InChI is InChI=1S/C12H23N3/c1-5-6-7-8-11(13-3)12-9-10(2)14-15(12)4/h9,11,13H,5-8H2,1-4H3. The average Bonchev–Trinajstić information content (AvgIpc) is 2.53. The summed E-state index contributed by atoms with van der Waals surface area (Å²) in [7, 11) is 4.05. The van der Waals surface area contributed by atoms with Gasteiger partial charge in [-0.3, -0.25) is 4.68 Å². The molecular formula is C12H23N3. The zero-order valence-corrected chi connectivity index (χ0v) is 10.4. The highest BCUT2D eigenvalue weighted by molar-refractivity contribution is 5.12. The lowest BCUT2D eigenvalue weighted by Crippen LogP contribution is -2.19. The van der Waals surface area contributed by atoms with Crippen molar-refractivity contribution in [2.45, 2.75) is 45.6 Å². The molecule has 0 radical (unpaired) electrons. The molecule has 1 N–H and O–H groups in total. The molecule has 1 atom stereocenters. The number of aryl methyl sites for hydroxylation is 2. The fourth-order valence-corrected chi connectivity index (χ4v) is 2.00. The first kappa shape index (κ1) is 12.2. The number of nitrogens with zero attached hydrogens (tertiary/aromatic N) is 2. The monoisotopic (exact) mass is 209 g/mol. The Labute approximate surface area is 92.9 Å². The van der Waals surface area contributed by atoms with E-state index in [1.165, 1.54) is 31.4 Å². The van der Waals surface area contributed by atoms with Crippen LogP contribution in [0.3, 0.4) is 0 Å². The van der Waals surface area contributed by atoms with Crippen LogP contribution in [0.2, 0.25) is 0 Å². The fraction of sp³-hybridized carbons (Fsp3) is 0.750. The first-order valence-corrected chi connectivity index (χ1v) is 5.86. The number of rotatable bonds is 6. The van der Waals surface area contributed by atoms with E-state index in [1.54, 1.807) is 0 Å². The molecular weight excluding hydrogens is 186 g/mol. The van der Waals surface area contributed by atoms with Gasteiger partial charge in [0.05, 0.1) is 11.4 Å². The van der Waals surface area contributed by atoms with E-state index in [1.807, 2.05) is 25.7 Å². The highest BCUT2D eigenvalue weighted by atomic mass is 15.3. The van der Waals surface area contributed by atoms with Gasteiger partial charge in [0.1, 0.15) is 0 Å². The summed E-state index contributed by atoms with van der Waals surface area (Å²) in [5.74, 6) is 0. The SMILES string of the molecule is CCCCCC(NC)c1cc(C)nn1C. The molecule has 0 fully saturated rings. The summed E-state index contributed by atoms with van der Waals surface area (Å²) in [6.07, 6.45) is 5.07. The third-order valence-electron chi connectivity index (χ3n) is 2.84. The fourth-order valence-electron chi connectivity index (χ4n) is 2.00. The number of unbranched alkanes of at least 4 members (excludes halogenated alkanes) is 2. The van der Waals surface area contributed by atoms with Gasteiger partial charge < -0.3 is 5.32 Å². The van der Waals surface area contributed by atoms with Crippen molar-refractivity contribution in [2.75, 3.05) is 7.05 Å². The lowest BCUT2D eigenvalue weighted by atomic mass is 10.1. The van der Waals surface area contributed by atoms with Crippen molar-refractivity contribution in [3.63, 3.8) is 0 Å². The maximum Gasteiger partial charge on any atom is 0.0597 e. The van der Waals surface area contributed by atoms with Crippen LogP contribution in [-0.4, -0.2) is 16.8 Å². The van der Waals surface area contributed by atoms with E-state index in [0.29, 0.717) is 6.04 Å². The molecule has 0 aromatic carbocycles. The first-order valence-electron chi connectivity index (χ1n) is 5.86. The molecule has 0 amide bonds. The maximum atomic E-state index is 4.38. The van der Waals surface area contributed by atoms with E-state index in [0.717, 1.165) is 5.69 Å². The van der Waals surface area contributed by atoms with Crippen LogP contribution in [-0.2, 0) is 7.05 Å². The largest absolute Gasteiger partial charge is 0.312 e. The van der Waals surface area contributed by atoms with Crippen molar-refractivity contribution in [3.05, 3.63) is 17.5 Å². The Morgan fingerprint density at radius 2 is 2.20 bits per heavy atom. The minimum atomic E-state index is 0.447. The van der Waals surface area contributed by atoms with Gasteiger partial charge in [0.15, 0.2) is 0 Å². The van der Waals surface area contributed by atoms with Crippen LogP contribution >= 0.6 is 0 Å². The van der Waals surface area contributed by atoms with Gasteiger partial charge >= 0.3 is 0 Å². The Morgan fingerprint density at radius 3 is 2.67 bits per heavy atom. The van der Waals surface area contributed by atoms with Crippen LogP contribution in [0, 0.1) is 6.92 Å². The Morgan fingerprint density at radius 1 is 1.47 bits per heavy atom. The quantitative estimate of drug-likeness (QED) is 0.730. The third-order valence-corrected chi connectivity index (χ3v) is 2.84. The van der Waals surface area contributed by atoms with E-state index in [2.05, 4.69) is 23.4 Å². The van der Waals surface area contributed by atoms with Crippen molar-refractivity contribution in [1.82, 2.24) is 15.1 Å². The normalized spacial score (nSPS) is 13.1. The van der Waals surface area contributed by atoms with Crippen LogP contribution in [0.5, 0.6) is 0 Å². The summed E-state index contributed by atoms with van der Waals surface area (Å²) >= 11 is 0. The topological polar surface area (TPSA) is 29.9 Å². The predicted molar refractivity (Wildman–Crippen MR) is 63.9 cm³/mol. The molecule has 3 heteroatoms. The summed E-state index contributed by atoms with van der Waals surface area (Å²) < 4.78 is 1.99. The molecule has 0 spiro atoms. The number of hydrogen-bond acceptors (Lipinski definition) is 2. The minimum Gasteiger partial charge on any atom is -0.312 e. The van der Waals surface area contributed by atoms with Crippen LogP contribution in [0.1, 0.15) is 50.0 Å². The Kier molecular flexibility index (Phi) is 4.82. The average molecular weight is 209 g/mol. The van der Waals surface area contributed by atoms with Gasteiger partial charge in [-0.05, 0) is 26.5 Å². The van der Waals surface area contributed by atoms with Gasteiger partial charge in [0, 0.05) is 13.1 Å². The molecule has 86 valence electrons. The van der Waals surface area contributed by atoms with Crippen LogP contribution < -0.4 is 5.32 Å². The molecule has 0 aliphatic rings. The lowest BCUT2D eigenvalue weighted by Gasteiger charge is -2.16. The zero-order chi connectivity index (χ0) is 11.3. The van der Waals surface area contributed by atoms with Gasteiger partial charge in [0.25, 0.3) is 0 Å². The third kappa shape index (κ3) is 3.34. The minimum absolute atomic E-state index is 0.447. The summed E-state index contributed by atoms with van der Waals surface area (Å²) in [6, 6.07) is 2.62. The van der Waals surface area contributed by atoms with E-state index in [9.17, 15) is 0 Å². The van der Waals surface area contributed by atoms with Crippen molar-refractivity contribution in [3.8, 4) is 0 Å². The van der Waals surface area contributed by atoms with E-state index < -0.39 is 0 Å². The summed E-state index contributed by atoms with van der Waals surface area (Å²) in [6.45, 7) is 4.28. The van der Waals surface area contributed by atoms with Gasteiger partial charge in [-0.2, -0.15) is 5.10 Å². The summed E-state index contributed by atoms with van der Waals surface area (Å²) in [4.78, 5) is 0. The molecule has 1 heterocycles. The second-order valence-electron chi connectivity index (χ2n) is 4.17. The Bertz CT molecular complexity index is 291. The number of nitrogens with one attached hydrogen (secondary N) is 1. The maximum absolute atomic E-state index is 4.38. The molecule has 3 nitrogen and oxygen atoms in total. The molecule has 1 unspecified atom stereocenters. The summed E-state index contributed by atoms with van der Waals surface area (Å²) in [5.41, 5.74) is 2.40. The Hall–Kier alpha value is -0.830. The van der Waals surface area contributed by atoms with E-state index >= 15 is 0 Å². The van der Waals surface area contributed by atoms with Crippen molar-refractivity contribution < 1.29 is 0 Å². The lowest BCUT2D eigenvalue weighted by molar-refractivity contribution is 0.480. The van der Waals surface area contributed by atoms with Crippen LogP contribution in [0.15, 0.2) is 6.07 Å². The second kappa shape index (κ2) is 5.91. The first-order chi connectivity index (χ1) is 7.19. The molecule has 15 heavy (non-hydrogen) atoms.